The molecule has 6 rings (SSSR count). The van der Waals surface area contributed by atoms with Crippen LogP contribution in [0.15, 0.2) is 67.3 Å². The van der Waals surface area contributed by atoms with E-state index in [0.29, 0.717) is 22.6 Å². The van der Waals surface area contributed by atoms with Gasteiger partial charge in [-0.3, -0.25) is 9.48 Å². The fourth-order valence-corrected chi connectivity index (χ4v) is 5.15. The van der Waals surface area contributed by atoms with E-state index in [1.165, 1.54) is 0 Å². The molecule has 2 atom stereocenters. The second-order valence-corrected chi connectivity index (χ2v) is 10.2. The van der Waals surface area contributed by atoms with Crippen molar-refractivity contribution in [2.24, 2.45) is 0 Å². The zero-order valence-electron chi connectivity index (χ0n) is 21.9. The fourth-order valence-electron chi connectivity index (χ4n) is 5.15. The Bertz CT molecular complexity index is 1650. The molecule has 10 heteroatoms. The second-order valence-electron chi connectivity index (χ2n) is 10.2. The molecular weight excluding hydrogens is 492 g/mol. The van der Waals surface area contributed by atoms with E-state index < -0.39 is 5.60 Å². The van der Waals surface area contributed by atoms with Crippen LogP contribution in [0.3, 0.4) is 0 Å². The van der Waals surface area contributed by atoms with E-state index in [0.717, 1.165) is 48.0 Å². The van der Waals surface area contributed by atoms with Crippen LogP contribution in [0.4, 0.5) is 5.95 Å². The molecule has 1 amide bonds. The van der Waals surface area contributed by atoms with Crippen molar-refractivity contribution in [3.63, 3.8) is 0 Å². The van der Waals surface area contributed by atoms with E-state index in [1.54, 1.807) is 30.1 Å². The molecule has 0 spiro atoms. The zero-order valence-corrected chi connectivity index (χ0v) is 21.9. The number of likely N-dealkylation sites (tertiary alicyclic amines) is 1. The van der Waals surface area contributed by atoms with Gasteiger partial charge in [-0.15, -0.1) is 0 Å². The molecule has 1 aliphatic heterocycles. The van der Waals surface area contributed by atoms with Crippen molar-refractivity contribution in [3.8, 4) is 22.4 Å². The summed E-state index contributed by atoms with van der Waals surface area (Å²) >= 11 is 0. The minimum Gasteiger partial charge on any atom is -0.379 e. The highest BCUT2D eigenvalue weighted by Crippen LogP contribution is 2.34. The molecular formula is C29H30N8O2. The minimum atomic E-state index is -1.36. The smallest absolute Gasteiger partial charge is 0.247 e. The van der Waals surface area contributed by atoms with Gasteiger partial charge < -0.3 is 20.7 Å². The van der Waals surface area contributed by atoms with Crippen molar-refractivity contribution in [2.75, 3.05) is 18.8 Å². The van der Waals surface area contributed by atoms with Gasteiger partial charge in [-0.05, 0) is 44.4 Å². The van der Waals surface area contributed by atoms with Crippen LogP contribution in [-0.4, -0.2) is 58.7 Å². The molecule has 4 N–H and O–H groups in total. The lowest BCUT2D eigenvalue weighted by molar-refractivity contribution is -0.133. The van der Waals surface area contributed by atoms with Crippen LogP contribution >= 0.6 is 0 Å². The van der Waals surface area contributed by atoms with Crippen LogP contribution in [0.1, 0.15) is 44.0 Å². The molecule has 4 aromatic heterocycles. The van der Waals surface area contributed by atoms with Crippen LogP contribution in [0.25, 0.3) is 33.4 Å². The maximum absolute atomic E-state index is 12.9. The maximum atomic E-state index is 12.9. The van der Waals surface area contributed by atoms with Crippen LogP contribution in [0.2, 0.25) is 0 Å². The molecule has 5 aromatic rings. The number of carbonyl (C=O) groups excluding carboxylic acids is 1. The van der Waals surface area contributed by atoms with E-state index in [9.17, 15) is 9.90 Å². The van der Waals surface area contributed by atoms with Gasteiger partial charge >= 0.3 is 0 Å². The van der Waals surface area contributed by atoms with Crippen molar-refractivity contribution in [1.82, 2.24) is 34.6 Å². The molecule has 1 aromatic carbocycles. The van der Waals surface area contributed by atoms with E-state index >= 15 is 0 Å². The predicted molar refractivity (Wildman–Crippen MR) is 148 cm³/mol. The van der Waals surface area contributed by atoms with Gasteiger partial charge in [0.2, 0.25) is 11.9 Å². The molecule has 0 radical (unpaired) electrons. The van der Waals surface area contributed by atoms with E-state index in [1.807, 2.05) is 60.6 Å². The average Bonchev–Trinajstić information content (AvgIpc) is 3.73. The molecule has 2 unspecified atom stereocenters. The van der Waals surface area contributed by atoms with Gasteiger partial charge in [0.25, 0.3) is 0 Å². The lowest BCUT2D eigenvalue weighted by Gasteiger charge is -2.24. The summed E-state index contributed by atoms with van der Waals surface area (Å²) in [5.41, 5.74) is 9.59. The zero-order chi connectivity index (χ0) is 27.1. The number of benzene rings is 1. The molecule has 1 fully saturated rings. The third-order valence-corrected chi connectivity index (χ3v) is 7.49. The van der Waals surface area contributed by atoms with Crippen LogP contribution in [-0.2, 0) is 10.4 Å². The van der Waals surface area contributed by atoms with Crippen molar-refractivity contribution in [1.29, 1.82) is 0 Å². The highest BCUT2D eigenvalue weighted by atomic mass is 16.3. The lowest BCUT2D eigenvalue weighted by Crippen LogP contribution is -2.34. The van der Waals surface area contributed by atoms with Gasteiger partial charge in [-0.25, -0.2) is 15.0 Å². The van der Waals surface area contributed by atoms with Crippen molar-refractivity contribution in [2.45, 2.75) is 38.3 Å². The first-order valence-corrected chi connectivity index (χ1v) is 13.0. The van der Waals surface area contributed by atoms with Gasteiger partial charge in [0.05, 0.1) is 17.6 Å². The Hall–Kier alpha value is -4.57. The Balaban J connectivity index is 1.34. The standard InChI is InChI=1S/C29H30N8O2/c1-18(27(38)36-10-6-7-11-36)37-17-20(15-33-37)19-12-22-23(16-32-26(22)31-14-19)24-13-25(35-28(30)34-24)29(2,39)21-8-4-3-5-9-21/h3-5,8-9,12-18,39H,6-7,10-11H2,1-2H3,(H,31,32)(H2,30,34,35). The van der Waals surface area contributed by atoms with Gasteiger partial charge in [0, 0.05) is 53.8 Å². The van der Waals surface area contributed by atoms with E-state index in [2.05, 4.69) is 25.0 Å². The second kappa shape index (κ2) is 9.63. The third kappa shape index (κ3) is 4.52. The Morgan fingerprint density at radius 1 is 1.10 bits per heavy atom. The first-order valence-electron chi connectivity index (χ1n) is 13.0. The third-order valence-electron chi connectivity index (χ3n) is 7.49. The number of hydrogen-bond donors (Lipinski definition) is 3. The van der Waals surface area contributed by atoms with Crippen molar-refractivity contribution in [3.05, 3.63) is 78.5 Å². The fraction of sp³-hybridized carbons (Fsp3) is 0.276. The number of aromatic amines is 1. The Morgan fingerprint density at radius 2 is 1.87 bits per heavy atom. The molecule has 1 saturated heterocycles. The SMILES string of the molecule is CC(C(=O)N1CCCC1)n1cc(-c2cnc3[nH]cc(-c4cc(C(C)(O)c5ccccc5)nc(N)n4)c3c2)cn1. The van der Waals surface area contributed by atoms with Crippen LogP contribution in [0, 0.1) is 0 Å². The van der Waals surface area contributed by atoms with Crippen molar-refractivity contribution >= 4 is 22.9 Å². The minimum absolute atomic E-state index is 0.0649. The number of carbonyl (C=O) groups is 1. The Labute approximate surface area is 225 Å². The van der Waals surface area contributed by atoms with Gasteiger partial charge in [0.15, 0.2) is 0 Å². The Kier molecular flexibility index (Phi) is 6.11. The number of H-pyrrole nitrogens is 1. The van der Waals surface area contributed by atoms with Gasteiger partial charge in [-0.1, -0.05) is 30.3 Å². The number of nitrogen functional groups attached to an aromatic ring is 1. The van der Waals surface area contributed by atoms with Crippen LogP contribution < -0.4 is 5.73 Å². The number of pyridine rings is 1. The van der Waals surface area contributed by atoms with E-state index in [-0.39, 0.29) is 17.9 Å². The number of fused-ring (bicyclic) bond motifs is 1. The van der Waals surface area contributed by atoms with Gasteiger partial charge in [0.1, 0.15) is 17.3 Å². The summed E-state index contributed by atoms with van der Waals surface area (Å²) in [6, 6.07) is 12.7. The highest BCUT2D eigenvalue weighted by Gasteiger charge is 2.29. The molecule has 0 aliphatic carbocycles. The highest BCUT2D eigenvalue weighted by molar-refractivity contribution is 5.95. The number of nitrogens with two attached hydrogens (primary N) is 1. The molecule has 5 heterocycles. The monoisotopic (exact) mass is 522 g/mol. The quantitative estimate of drug-likeness (QED) is 0.307. The largest absolute Gasteiger partial charge is 0.379 e. The normalized spacial score (nSPS) is 15.9. The summed E-state index contributed by atoms with van der Waals surface area (Å²) in [6.07, 6.45) is 9.33. The first-order chi connectivity index (χ1) is 18.8. The molecule has 10 nitrogen and oxygen atoms in total. The summed E-state index contributed by atoms with van der Waals surface area (Å²) < 4.78 is 1.71. The summed E-state index contributed by atoms with van der Waals surface area (Å²) in [4.78, 5) is 31.4. The number of aromatic nitrogens is 6. The summed E-state index contributed by atoms with van der Waals surface area (Å²) in [5.74, 6) is 0.155. The molecule has 1 aliphatic rings. The molecule has 39 heavy (non-hydrogen) atoms. The Morgan fingerprint density at radius 3 is 2.64 bits per heavy atom. The van der Waals surface area contributed by atoms with Crippen molar-refractivity contribution < 1.29 is 9.90 Å². The summed E-state index contributed by atoms with van der Waals surface area (Å²) in [5, 5.41) is 16.7. The number of aliphatic hydroxyl groups is 1. The van der Waals surface area contributed by atoms with Gasteiger partial charge in [-0.2, -0.15) is 5.10 Å². The average molecular weight is 523 g/mol. The number of amides is 1. The molecule has 198 valence electrons. The number of hydrogen-bond acceptors (Lipinski definition) is 7. The lowest BCUT2D eigenvalue weighted by atomic mass is 9.91. The first kappa shape index (κ1) is 24.7. The summed E-state index contributed by atoms with van der Waals surface area (Å²) in [7, 11) is 0. The van der Waals surface area contributed by atoms with Crippen LogP contribution in [0.5, 0.6) is 0 Å². The number of rotatable bonds is 6. The molecule has 0 saturated carbocycles. The molecule has 0 bridgehead atoms. The topological polar surface area (TPSA) is 139 Å². The van der Waals surface area contributed by atoms with E-state index in [4.69, 9.17) is 5.73 Å². The number of nitrogens with zero attached hydrogens (tertiary/aromatic N) is 6. The predicted octanol–water partition coefficient (Wildman–Crippen LogP) is 3.90. The number of anilines is 1. The maximum Gasteiger partial charge on any atom is 0.247 e. The summed E-state index contributed by atoms with van der Waals surface area (Å²) in [6.45, 7) is 5.19. The number of nitrogens with one attached hydrogen (secondary N) is 1.